The molecule has 0 radical (unpaired) electrons. The molecule has 12 heteroatoms. The number of aromatic amines is 1. The number of benzene rings is 6. The Morgan fingerprint density at radius 3 is 1.57 bits per heavy atom. The Kier molecular flexibility index (Phi) is 22.6. The van der Waals surface area contributed by atoms with E-state index in [1.54, 1.807) is 0 Å². The van der Waals surface area contributed by atoms with Gasteiger partial charge in [-0.1, -0.05) is 198 Å². The highest BCUT2D eigenvalue weighted by atomic mass is 31.1. The predicted molar refractivity (Wildman–Crippen MR) is 336 cm³/mol. The minimum atomic E-state index is 0.0510. The van der Waals surface area contributed by atoms with Crippen LogP contribution in [0, 0.1) is 27.7 Å². The maximum Gasteiger partial charge on any atom is 0.140 e. The lowest BCUT2D eigenvalue weighted by atomic mass is 10.1. The van der Waals surface area contributed by atoms with Crippen LogP contribution in [0.15, 0.2) is 182 Å². The summed E-state index contributed by atoms with van der Waals surface area (Å²) in [7, 11) is 0.748. The van der Waals surface area contributed by atoms with Crippen molar-refractivity contribution in [1.29, 1.82) is 0 Å². The first-order valence-electron chi connectivity index (χ1n) is 28.9. The molecule has 1 unspecified atom stereocenters. The smallest absolute Gasteiger partial charge is 0.140 e. The summed E-state index contributed by atoms with van der Waals surface area (Å²) in [4.78, 5) is 24.2. The van der Waals surface area contributed by atoms with Crippen molar-refractivity contribution in [3.63, 3.8) is 0 Å². The monoisotopic (exact) mass is 1100 g/mol. The summed E-state index contributed by atoms with van der Waals surface area (Å²) in [6.07, 6.45) is 11.8. The second-order valence-corrected chi connectivity index (χ2v) is 21.8. The zero-order valence-corrected chi connectivity index (χ0v) is 49.7. The minimum absolute atomic E-state index is 0.0510. The van der Waals surface area contributed by atoms with E-state index in [1.807, 2.05) is 74.6 Å². The number of imidazole rings is 4. The maximum absolute atomic E-state index is 9.50. The van der Waals surface area contributed by atoms with E-state index >= 15 is 0 Å². The van der Waals surface area contributed by atoms with E-state index in [0.717, 1.165) is 149 Å². The lowest BCUT2D eigenvalue weighted by Gasteiger charge is -2.24. The lowest BCUT2D eigenvalue weighted by molar-refractivity contribution is 0.240. The Morgan fingerprint density at radius 1 is 0.543 bits per heavy atom. The molecule has 1 aliphatic heterocycles. The van der Waals surface area contributed by atoms with E-state index in [2.05, 4.69) is 195 Å². The molecule has 6 aromatic carbocycles. The highest BCUT2D eigenvalue weighted by Gasteiger charge is 2.21. The quantitative estimate of drug-likeness (QED) is 0.0731. The van der Waals surface area contributed by atoms with Crippen molar-refractivity contribution in [2.75, 3.05) is 6.35 Å². The van der Waals surface area contributed by atoms with Crippen LogP contribution in [0.1, 0.15) is 105 Å². The Balaban J connectivity index is 0.000000156. The summed E-state index contributed by atoms with van der Waals surface area (Å²) >= 11 is 0. The van der Waals surface area contributed by atoms with Gasteiger partial charge in [0, 0.05) is 84.9 Å². The van der Waals surface area contributed by atoms with Crippen molar-refractivity contribution < 1.29 is 9.84 Å². The van der Waals surface area contributed by atoms with Gasteiger partial charge in [-0.3, -0.25) is 4.90 Å². The number of aliphatic hydroxyl groups is 1. The standard InChI is InChI=1S/C30H34N3OP.C15H20N2O.C14H18N2.C10H10N2/c1-3-4-17-33-27(23(2)31-30(33)26-13-9-6-10-14-26)21-32(19-24-11-7-5-8-12-24)20-25-15-16-28-29(18-25)35-22-34-28;1-3-4-10-17-14(11-18)12(2)16-15(17)13-8-6-5-7-9-13;1-3-4-10-16-11-12(2)15-14(16)13-8-6-5-7-9-13;1-8-7-11-10(12-8)9-5-3-2-4-6-9/h5-16,18,35H,3-4,17,19-22H2,1-2H3;5-9,18H,3-4,10-11H2,1-2H3;5-9,11H,3-4,10H2,1-2H3;2-7H,1H3,(H,11,12). The van der Waals surface area contributed by atoms with Crippen LogP contribution < -0.4 is 10.0 Å². The van der Waals surface area contributed by atoms with Crippen LogP contribution in [0.4, 0.5) is 0 Å². The molecule has 10 aromatic rings. The molecule has 2 N–H and O–H groups in total. The van der Waals surface area contributed by atoms with Gasteiger partial charge in [-0.05, 0) is 78.8 Å². The van der Waals surface area contributed by atoms with Gasteiger partial charge in [-0.25, -0.2) is 19.9 Å². The van der Waals surface area contributed by atoms with E-state index < -0.39 is 0 Å². The normalized spacial score (nSPS) is 11.8. The van der Waals surface area contributed by atoms with Crippen molar-refractivity contribution in [3.05, 3.63) is 228 Å². The number of rotatable bonds is 20. The summed E-state index contributed by atoms with van der Waals surface area (Å²) in [5.41, 5.74) is 13.8. The molecule has 4 aromatic heterocycles. The fourth-order valence-corrected chi connectivity index (χ4v) is 11.0. The van der Waals surface area contributed by atoms with E-state index in [1.165, 1.54) is 46.1 Å². The Bertz CT molecular complexity index is 3430. The van der Waals surface area contributed by atoms with Gasteiger partial charge in [-0.15, -0.1) is 0 Å². The van der Waals surface area contributed by atoms with Gasteiger partial charge in [0.2, 0.25) is 0 Å². The number of aryl methyl sites for hydroxylation is 5. The van der Waals surface area contributed by atoms with Crippen LogP contribution in [-0.4, -0.2) is 55.0 Å². The van der Waals surface area contributed by atoms with Crippen molar-refractivity contribution in [2.24, 2.45) is 0 Å². The first-order chi connectivity index (χ1) is 39.7. The molecule has 81 heavy (non-hydrogen) atoms. The van der Waals surface area contributed by atoms with Gasteiger partial charge < -0.3 is 28.5 Å². The van der Waals surface area contributed by atoms with Gasteiger partial charge in [0.15, 0.2) is 0 Å². The molecule has 0 saturated heterocycles. The summed E-state index contributed by atoms with van der Waals surface area (Å²) in [6, 6.07) is 58.8. The number of nitrogens with one attached hydrogen (secondary N) is 1. The molecular formula is C69H82N9O2P. The third kappa shape index (κ3) is 16.7. The number of nitrogens with zero attached hydrogens (tertiary/aromatic N) is 8. The van der Waals surface area contributed by atoms with Crippen molar-refractivity contribution >= 4 is 13.9 Å². The summed E-state index contributed by atoms with van der Waals surface area (Å²) in [6.45, 7) is 20.5. The first kappa shape index (κ1) is 59.4. The molecule has 420 valence electrons. The number of aromatic nitrogens is 8. The van der Waals surface area contributed by atoms with Gasteiger partial charge >= 0.3 is 0 Å². The molecule has 1 atom stereocenters. The minimum Gasteiger partial charge on any atom is -0.488 e. The lowest BCUT2D eigenvalue weighted by Crippen LogP contribution is -2.25. The third-order valence-electron chi connectivity index (χ3n) is 14.2. The van der Waals surface area contributed by atoms with Gasteiger partial charge in [0.05, 0.1) is 35.1 Å². The number of H-pyrrole nitrogens is 1. The van der Waals surface area contributed by atoms with Gasteiger partial charge in [0.1, 0.15) is 35.4 Å². The van der Waals surface area contributed by atoms with Crippen LogP contribution in [0.3, 0.4) is 0 Å². The molecule has 0 fully saturated rings. The summed E-state index contributed by atoms with van der Waals surface area (Å²) < 4.78 is 12.6. The number of aliphatic hydroxyl groups excluding tert-OH is 1. The van der Waals surface area contributed by atoms with Crippen LogP contribution in [0.2, 0.25) is 0 Å². The zero-order valence-electron chi connectivity index (χ0n) is 48.7. The molecule has 1 aliphatic rings. The van der Waals surface area contributed by atoms with Gasteiger partial charge in [0.25, 0.3) is 0 Å². The van der Waals surface area contributed by atoms with Crippen molar-refractivity contribution in [3.8, 4) is 51.3 Å². The highest BCUT2D eigenvalue weighted by Crippen LogP contribution is 2.30. The Labute approximate surface area is 483 Å². The number of unbranched alkanes of at least 4 members (excludes halogenated alkanes) is 3. The van der Waals surface area contributed by atoms with Crippen molar-refractivity contribution in [1.82, 2.24) is 43.5 Å². The van der Waals surface area contributed by atoms with E-state index in [0.29, 0.717) is 0 Å². The molecule has 0 aliphatic carbocycles. The maximum atomic E-state index is 9.50. The van der Waals surface area contributed by atoms with Crippen LogP contribution in [0.25, 0.3) is 45.6 Å². The molecule has 11 nitrogen and oxygen atoms in total. The second kappa shape index (κ2) is 30.8. The number of ether oxygens (including phenoxy) is 1. The van der Waals surface area contributed by atoms with Crippen LogP contribution >= 0.6 is 8.58 Å². The molecular weight excluding hydrogens is 1020 g/mol. The highest BCUT2D eigenvalue weighted by molar-refractivity contribution is 7.47. The number of hydrogen-bond donors (Lipinski definition) is 2. The van der Waals surface area contributed by atoms with Crippen LogP contribution in [0.5, 0.6) is 5.75 Å². The Morgan fingerprint density at radius 2 is 1.04 bits per heavy atom. The SMILES string of the molecule is CCCCn1c(-c2ccccc2)nc(C)c1CN(Cc1ccccc1)Cc1ccc2c(c1)PCO2.CCCCn1c(-c2ccccc2)nc(C)c1CO.CCCCn1cc(C)nc1-c1ccccc1.Cc1cnc(-c2ccccc2)[nH]1. The van der Waals surface area contributed by atoms with E-state index in [4.69, 9.17) is 9.72 Å². The molecule has 0 bridgehead atoms. The molecule has 11 rings (SSSR count). The number of hydrogen-bond acceptors (Lipinski definition) is 7. The predicted octanol–water partition coefficient (Wildman–Crippen LogP) is 15.7. The van der Waals surface area contributed by atoms with E-state index in [-0.39, 0.29) is 6.61 Å². The first-order valence-corrected chi connectivity index (χ1v) is 30.1. The fourth-order valence-electron chi connectivity index (χ4n) is 9.97. The summed E-state index contributed by atoms with van der Waals surface area (Å²) in [5.74, 6) is 5.13. The average molecular weight is 1100 g/mol. The third-order valence-corrected chi connectivity index (χ3v) is 15.3. The summed E-state index contributed by atoms with van der Waals surface area (Å²) in [5, 5.41) is 10.9. The van der Waals surface area contributed by atoms with Crippen LogP contribution in [-0.2, 0) is 45.9 Å². The molecule has 0 saturated carbocycles. The topological polar surface area (TPSA) is 115 Å². The largest absolute Gasteiger partial charge is 0.488 e. The number of fused-ring (bicyclic) bond motifs is 1. The van der Waals surface area contributed by atoms with Gasteiger partial charge in [-0.2, -0.15) is 0 Å². The fraction of sp³-hybridized carbons (Fsp3) is 0.304. The molecule has 0 spiro atoms. The van der Waals surface area contributed by atoms with Crippen molar-refractivity contribution in [2.45, 2.75) is 133 Å². The Hall–Kier alpha value is -7.69. The average Bonchev–Trinajstić information content (AvgIpc) is 4.41. The zero-order chi connectivity index (χ0) is 56.8. The second-order valence-electron chi connectivity index (χ2n) is 20.7. The molecule has 0 amide bonds. The molecule has 5 heterocycles. The van der Waals surface area contributed by atoms with E-state index in [9.17, 15) is 5.11 Å².